The summed E-state index contributed by atoms with van der Waals surface area (Å²) in [4.78, 5) is 12.1. The van der Waals surface area contributed by atoms with E-state index in [4.69, 9.17) is 20.8 Å². The van der Waals surface area contributed by atoms with Gasteiger partial charge in [0.1, 0.15) is 5.75 Å². The van der Waals surface area contributed by atoms with Gasteiger partial charge in [0.05, 0.1) is 24.1 Å². The SMILES string of the molecule is COc1ccc(Cl)cc1-c1nnc(SCC(=O)Nc2ccccc2I)o1. The van der Waals surface area contributed by atoms with E-state index in [0.717, 1.165) is 21.0 Å². The van der Waals surface area contributed by atoms with Crippen molar-refractivity contribution in [2.75, 3.05) is 18.2 Å². The number of amides is 1. The minimum Gasteiger partial charge on any atom is -0.496 e. The normalized spacial score (nSPS) is 10.6. The monoisotopic (exact) mass is 501 g/mol. The zero-order chi connectivity index (χ0) is 18.5. The van der Waals surface area contributed by atoms with Crippen molar-refractivity contribution in [2.45, 2.75) is 5.22 Å². The van der Waals surface area contributed by atoms with Crippen LogP contribution in [0.25, 0.3) is 11.5 Å². The molecule has 0 spiro atoms. The number of methoxy groups -OCH3 is 1. The van der Waals surface area contributed by atoms with Crippen molar-refractivity contribution >= 4 is 57.5 Å². The van der Waals surface area contributed by atoms with Gasteiger partial charge in [-0.15, -0.1) is 10.2 Å². The summed E-state index contributed by atoms with van der Waals surface area (Å²) in [5.41, 5.74) is 1.37. The number of halogens is 2. The summed E-state index contributed by atoms with van der Waals surface area (Å²) in [6, 6.07) is 12.7. The van der Waals surface area contributed by atoms with Gasteiger partial charge >= 0.3 is 0 Å². The Balaban J connectivity index is 1.65. The number of rotatable bonds is 6. The molecule has 6 nitrogen and oxygen atoms in total. The fourth-order valence-electron chi connectivity index (χ4n) is 2.10. The molecule has 0 unspecified atom stereocenters. The van der Waals surface area contributed by atoms with Crippen molar-refractivity contribution in [1.29, 1.82) is 0 Å². The lowest BCUT2D eigenvalue weighted by Gasteiger charge is -2.06. The lowest BCUT2D eigenvalue weighted by molar-refractivity contribution is -0.113. The molecule has 1 N–H and O–H groups in total. The molecule has 0 aliphatic rings. The number of anilines is 1. The van der Waals surface area contributed by atoms with Gasteiger partial charge < -0.3 is 14.5 Å². The maximum Gasteiger partial charge on any atom is 0.277 e. The van der Waals surface area contributed by atoms with Crippen LogP contribution < -0.4 is 10.1 Å². The highest BCUT2D eigenvalue weighted by Gasteiger charge is 2.15. The number of benzene rings is 2. The molecule has 2 aromatic carbocycles. The lowest BCUT2D eigenvalue weighted by Crippen LogP contribution is -2.14. The number of nitrogens with one attached hydrogen (secondary N) is 1. The van der Waals surface area contributed by atoms with Crippen molar-refractivity contribution in [1.82, 2.24) is 10.2 Å². The van der Waals surface area contributed by atoms with E-state index in [-0.39, 0.29) is 17.6 Å². The topological polar surface area (TPSA) is 77.2 Å². The lowest BCUT2D eigenvalue weighted by atomic mass is 10.2. The molecule has 0 fully saturated rings. The van der Waals surface area contributed by atoms with Crippen LogP contribution in [0.4, 0.5) is 5.69 Å². The molecular formula is C17H13ClIN3O3S. The van der Waals surface area contributed by atoms with E-state index in [0.29, 0.717) is 21.6 Å². The number of nitrogens with zero attached hydrogens (tertiary/aromatic N) is 2. The van der Waals surface area contributed by atoms with Crippen LogP contribution in [-0.2, 0) is 4.79 Å². The molecule has 0 aliphatic carbocycles. The van der Waals surface area contributed by atoms with Crippen molar-refractivity contribution in [3.63, 3.8) is 0 Å². The quantitative estimate of drug-likeness (QED) is 0.389. The fourth-order valence-corrected chi connectivity index (χ4v) is 3.36. The van der Waals surface area contributed by atoms with Gasteiger partial charge in [0, 0.05) is 8.59 Å². The van der Waals surface area contributed by atoms with E-state index < -0.39 is 0 Å². The summed E-state index contributed by atoms with van der Waals surface area (Å²) >= 11 is 9.34. The van der Waals surface area contributed by atoms with Crippen LogP contribution >= 0.6 is 46.0 Å². The third-order valence-corrected chi connectivity index (χ3v) is 5.27. The number of thioether (sulfide) groups is 1. The highest BCUT2D eigenvalue weighted by atomic mass is 127. The van der Waals surface area contributed by atoms with Crippen molar-refractivity contribution in [3.05, 3.63) is 51.1 Å². The summed E-state index contributed by atoms with van der Waals surface area (Å²) in [6.45, 7) is 0. The average molecular weight is 502 g/mol. The summed E-state index contributed by atoms with van der Waals surface area (Å²) in [6.07, 6.45) is 0. The van der Waals surface area contributed by atoms with E-state index >= 15 is 0 Å². The maximum atomic E-state index is 12.1. The first-order valence-corrected chi connectivity index (χ1v) is 9.85. The van der Waals surface area contributed by atoms with E-state index in [1.165, 1.54) is 0 Å². The van der Waals surface area contributed by atoms with Crippen LogP contribution in [-0.4, -0.2) is 29.0 Å². The van der Waals surface area contributed by atoms with Gasteiger partial charge in [-0.1, -0.05) is 35.5 Å². The standard InChI is InChI=1S/C17H13ClIN3O3S/c1-24-14-7-6-10(18)8-11(14)16-21-22-17(25-16)26-9-15(23)20-13-5-3-2-4-12(13)19/h2-8H,9H2,1H3,(H,20,23). The number of aromatic nitrogens is 2. The molecule has 26 heavy (non-hydrogen) atoms. The van der Waals surface area contributed by atoms with Gasteiger partial charge in [-0.25, -0.2) is 0 Å². The second-order valence-electron chi connectivity index (χ2n) is 5.03. The smallest absolute Gasteiger partial charge is 0.277 e. The zero-order valence-corrected chi connectivity index (χ0v) is 17.3. The van der Waals surface area contributed by atoms with Crippen LogP contribution in [0.1, 0.15) is 0 Å². The molecule has 3 rings (SSSR count). The van der Waals surface area contributed by atoms with Gasteiger partial charge in [0.25, 0.3) is 11.1 Å². The maximum absolute atomic E-state index is 12.1. The second-order valence-corrected chi connectivity index (χ2v) is 7.56. The number of hydrogen-bond donors (Lipinski definition) is 1. The molecule has 9 heteroatoms. The number of para-hydroxylation sites is 1. The van der Waals surface area contributed by atoms with Crippen molar-refractivity contribution < 1.29 is 13.9 Å². The largest absolute Gasteiger partial charge is 0.496 e. The van der Waals surface area contributed by atoms with Gasteiger partial charge in [0.2, 0.25) is 5.91 Å². The van der Waals surface area contributed by atoms with E-state index in [1.807, 2.05) is 24.3 Å². The Bertz CT molecular complexity index is 935. The molecule has 0 radical (unpaired) electrons. The van der Waals surface area contributed by atoms with E-state index in [9.17, 15) is 4.79 Å². The third-order valence-electron chi connectivity index (χ3n) is 3.27. The van der Waals surface area contributed by atoms with Crippen LogP contribution in [0.2, 0.25) is 5.02 Å². The Morgan fingerprint density at radius 1 is 1.31 bits per heavy atom. The van der Waals surface area contributed by atoms with Crippen molar-refractivity contribution in [2.24, 2.45) is 0 Å². The van der Waals surface area contributed by atoms with Gasteiger partial charge in [-0.05, 0) is 52.9 Å². The zero-order valence-electron chi connectivity index (χ0n) is 13.5. The highest BCUT2D eigenvalue weighted by Crippen LogP contribution is 2.33. The predicted octanol–water partition coefficient (Wildman–Crippen LogP) is 4.73. The van der Waals surface area contributed by atoms with Gasteiger partial charge in [-0.2, -0.15) is 0 Å². The van der Waals surface area contributed by atoms with Crippen molar-refractivity contribution in [3.8, 4) is 17.2 Å². The average Bonchev–Trinajstić information content (AvgIpc) is 3.11. The first-order chi connectivity index (χ1) is 12.6. The predicted molar refractivity (Wildman–Crippen MR) is 110 cm³/mol. The molecule has 3 aromatic rings. The van der Waals surface area contributed by atoms with E-state index in [1.54, 1.807) is 25.3 Å². The fraction of sp³-hybridized carbons (Fsp3) is 0.118. The Morgan fingerprint density at radius 2 is 2.12 bits per heavy atom. The summed E-state index contributed by atoms with van der Waals surface area (Å²) in [5, 5.41) is 11.6. The highest BCUT2D eigenvalue weighted by molar-refractivity contribution is 14.1. The molecule has 0 atom stereocenters. The summed E-state index contributed by atoms with van der Waals surface area (Å²) in [7, 11) is 1.55. The molecule has 0 saturated carbocycles. The Labute approximate surface area is 172 Å². The third kappa shape index (κ3) is 4.68. The van der Waals surface area contributed by atoms with Crippen LogP contribution in [0.15, 0.2) is 52.1 Å². The van der Waals surface area contributed by atoms with Crippen LogP contribution in [0.3, 0.4) is 0 Å². The Morgan fingerprint density at radius 3 is 2.88 bits per heavy atom. The minimum atomic E-state index is -0.154. The second kappa shape index (κ2) is 8.74. The number of ether oxygens (including phenoxy) is 1. The Hall–Kier alpha value is -1.78. The Kier molecular flexibility index (Phi) is 6.38. The van der Waals surface area contributed by atoms with Gasteiger partial charge in [0.15, 0.2) is 0 Å². The van der Waals surface area contributed by atoms with E-state index in [2.05, 4.69) is 38.1 Å². The summed E-state index contributed by atoms with van der Waals surface area (Å²) in [5.74, 6) is 0.856. The molecule has 1 heterocycles. The first-order valence-electron chi connectivity index (χ1n) is 7.41. The molecule has 0 bridgehead atoms. The van der Waals surface area contributed by atoms with Crippen LogP contribution in [0.5, 0.6) is 5.75 Å². The van der Waals surface area contributed by atoms with Gasteiger partial charge in [-0.3, -0.25) is 4.79 Å². The summed E-state index contributed by atoms with van der Waals surface area (Å²) < 4.78 is 11.9. The first kappa shape index (κ1) is 19.0. The minimum absolute atomic E-state index is 0.152. The number of hydrogen-bond acceptors (Lipinski definition) is 6. The van der Waals surface area contributed by atoms with Crippen LogP contribution in [0, 0.1) is 3.57 Å². The number of carbonyl (C=O) groups excluding carboxylic acids is 1. The molecule has 0 aliphatic heterocycles. The molecule has 134 valence electrons. The molecule has 1 aromatic heterocycles. The molecular weight excluding hydrogens is 489 g/mol. The number of carbonyl (C=O) groups is 1. The molecule has 1 amide bonds. The molecule has 0 saturated heterocycles.